The Bertz CT molecular complexity index is 693. The molecule has 3 heterocycles. The van der Waals surface area contributed by atoms with E-state index in [9.17, 15) is 13.9 Å². The molecule has 3 atom stereocenters. The van der Waals surface area contributed by atoms with Gasteiger partial charge in [-0.05, 0) is 0 Å². The number of nitrogen functional groups attached to an aromatic ring is 2. The molecule has 2 aromatic heterocycles. The van der Waals surface area contributed by atoms with E-state index >= 15 is 0 Å². The van der Waals surface area contributed by atoms with Gasteiger partial charge in [-0.25, -0.2) is 4.98 Å². The number of aromatic nitrogens is 4. The Labute approximate surface area is 116 Å². The highest BCUT2D eigenvalue weighted by atomic mass is 19.3. The van der Waals surface area contributed by atoms with Crippen molar-refractivity contribution in [2.45, 2.75) is 24.4 Å². The number of halogens is 2. The third-order valence-corrected chi connectivity index (χ3v) is 3.28. The van der Waals surface area contributed by atoms with Gasteiger partial charge >= 0.3 is 5.92 Å². The van der Waals surface area contributed by atoms with Gasteiger partial charge in [-0.3, -0.25) is 4.57 Å². The van der Waals surface area contributed by atoms with Crippen LogP contribution < -0.4 is 11.5 Å². The summed E-state index contributed by atoms with van der Waals surface area (Å²) in [4.78, 5) is 11.3. The second kappa shape index (κ2) is 4.44. The summed E-state index contributed by atoms with van der Waals surface area (Å²) in [6.45, 7) is -0.751. The zero-order valence-corrected chi connectivity index (χ0v) is 10.5. The molecule has 1 aliphatic rings. The summed E-state index contributed by atoms with van der Waals surface area (Å²) < 4.78 is 34.1. The summed E-state index contributed by atoms with van der Waals surface area (Å²) in [6, 6.07) is 0. The number of hydrogen-bond donors (Lipinski definition) is 4. The van der Waals surface area contributed by atoms with Crippen LogP contribution in [0, 0.1) is 0 Å². The molecule has 11 heteroatoms. The highest BCUT2D eigenvalue weighted by molar-refractivity contribution is 5.82. The number of anilines is 2. The molecule has 1 saturated heterocycles. The van der Waals surface area contributed by atoms with E-state index in [1.54, 1.807) is 0 Å². The minimum Gasteiger partial charge on any atom is -0.394 e. The largest absolute Gasteiger partial charge is 0.394 e. The smallest absolute Gasteiger partial charge is 0.320 e. The highest BCUT2D eigenvalue weighted by Gasteiger charge is 2.59. The maximum atomic E-state index is 14.1. The van der Waals surface area contributed by atoms with Crippen LogP contribution in [0.4, 0.5) is 20.5 Å². The van der Waals surface area contributed by atoms with Crippen molar-refractivity contribution in [1.82, 2.24) is 19.5 Å². The summed E-state index contributed by atoms with van der Waals surface area (Å²) in [5, 5.41) is 18.5. The zero-order valence-electron chi connectivity index (χ0n) is 10.5. The first-order chi connectivity index (χ1) is 9.86. The number of aliphatic hydroxyl groups is 2. The average molecular weight is 302 g/mol. The zero-order chi connectivity index (χ0) is 15.4. The van der Waals surface area contributed by atoms with Crippen LogP contribution in [0.25, 0.3) is 11.2 Å². The van der Waals surface area contributed by atoms with E-state index in [0.29, 0.717) is 0 Å². The van der Waals surface area contributed by atoms with Crippen LogP contribution in [-0.4, -0.2) is 54.5 Å². The molecule has 3 rings (SSSR count). The molecule has 1 fully saturated rings. The number of nitrogens with two attached hydrogens (primary N) is 2. The normalized spacial score (nSPS) is 28.3. The fourth-order valence-electron chi connectivity index (χ4n) is 2.25. The lowest BCUT2D eigenvalue weighted by molar-refractivity contribution is -0.138. The minimum absolute atomic E-state index is 0.0459. The summed E-state index contributed by atoms with van der Waals surface area (Å²) in [5.74, 6) is -3.91. The molecule has 0 spiro atoms. The molecule has 1 unspecified atom stereocenters. The van der Waals surface area contributed by atoms with Crippen molar-refractivity contribution in [1.29, 1.82) is 0 Å². The van der Waals surface area contributed by atoms with E-state index < -0.39 is 31.0 Å². The summed E-state index contributed by atoms with van der Waals surface area (Å²) in [6.07, 6.45) is -4.41. The van der Waals surface area contributed by atoms with Gasteiger partial charge in [0.1, 0.15) is 11.6 Å². The number of imidazole rings is 1. The maximum absolute atomic E-state index is 14.1. The highest BCUT2D eigenvalue weighted by Crippen LogP contribution is 2.43. The van der Waals surface area contributed by atoms with Crippen LogP contribution in [0.3, 0.4) is 0 Å². The van der Waals surface area contributed by atoms with Crippen molar-refractivity contribution < 1.29 is 23.7 Å². The summed E-state index contributed by atoms with van der Waals surface area (Å²) in [7, 11) is 0. The van der Waals surface area contributed by atoms with E-state index in [1.165, 1.54) is 0 Å². The molecule has 21 heavy (non-hydrogen) atoms. The molecular formula is C10H12F2N6O3. The van der Waals surface area contributed by atoms with Crippen LogP contribution >= 0.6 is 0 Å². The molecule has 6 N–H and O–H groups in total. The maximum Gasteiger partial charge on any atom is 0.320 e. The third-order valence-electron chi connectivity index (χ3n) is 3.28. The summed E-state index contributed by atoms with van der Waals surface area (Å²) in [5.41, 5.74) is 11.1. The Morgan fingerprint density at radius 1 is 1.38 bits per heavy atom. The van der Waals surface area contributed by atoms with Gasteiger partial charge in [0.05, 0.1) is 12.9 Å². The number of nitrogens with zero attached hydrogens (tertiary/aromatic N) is 4. The lowest BCUT2D eigenvalue weighted by atomic mass is 10.1. The molecule has 114 valence electrons. The summed E-state index contributed by atoms with van der Waals surface area (Å²) >= 11 is 0. The first-order valence-corrected chi connectivity index (χ1v) is 5.94. The predicted molar refractivity (Wildman–Crippen MR) is 66.1 cm³/mol. The fraction of sp³-hybridized carbons (Fsp3) is 0.500. The van der Waals surface area contributed by atoms with Crippen LogP contribution in [0.5, 0.6) is 0 Å². The molecule has 0 saturated carbocycles. The van der Waals surface area contributed by atoms with Crippen molar-refractivity contribution >= 4 is 22.9 Å². The van der Waals surface area contributed by atoms with Crippen molar-refractivity contribution in [3.8, 4) is 0 Å². The van der Waals surface area contributed by atoms with E-state index in [4.69, 9.17) is 21.3 Å². The van der Waals surface area contributed by atoms with Crippen molar-refractivity contribution in [3.05, 3.63) is 6.33 Å². The van der Waals surface area contributed by atoms with Gasteiger partial charge in [-0.1, -0.05) is 0 Å². The standard InChI is InChI=1S/C10H12F2N6O3/c11-10(12)5(20)3(1-19)21-8(10)18-2-15-4-6(13)16-9(14)17-7(4)18/h2-3,5,8,19-20H,1H2,(H4,13,14,16,17)/t3-,5-,8?/m1/s1. The second-order valence-corrected chi connectivity index (χ2v) is 4.62. The van der Waals surface area contributed by atoms with Crippen molar-refractivity contribution in [2.24, 2.45) is 0 Å². The number of ether oxygens (including phenoxy) is 1. The van der Waals surface area contributed by atoms with Gasteiger partial charge in [-0.15, -0.1) is 0 Å². The Morgan fingerprint density at radius 2 is 2.10 bits per heavy atom. The van der Waals surface area contributed by atoms with Crippen LogP contribution in [0.1, 0.15) is 6.23 Å². The van der Waals surface area contributed by atoms with E-state index in [1.807, 2.05) is 0 Å². The van der Waals surface area contributed by atoms with Crippen molar-refractivity contribution in [3.63, 3.8) is 0 Å². The van der Waals surface area contributed by atoms with Gasteiger partial charge < -0.3 is 26.4 Å². The Kier molecular flexibility index (Phi) is 2.93. The Hall–Kier alpha value is -2.11. The van der Waals surface area contributed by atoms with Gasteiger partial charge in [-0.2, -0.15) is 18.7 Å². The van der Waals surface area contributed by atoms with E-state index in [-0.39, 0.29) is 22.9 Å². The lowest BCUT2D eigenvalue weighted by Crippen LogP contribution is -2.39. The minimum atomic E-state index is -3.64. The molecular weight excluding hydrogens is 290 g/mol. The molecule has 0 radical (unpaired) electrons. The molecule has 0 amide bonds. The first kappa shape index (κ1) is 13.9. The van der Waals surface area contributed by atoms with E-state index in [2.05, 4.69) is 15.0 Å². The van der Waals surface area contributed by atoms with Crippen LogP contribution in [-0.2, 0) is 4.74 Å². The fourth-order valence-corrected chi connectivity index (χ4v) is 2.25. The molecule has 2 aromatic rings. The van der Waals surface area contributed by atoms with Gasteiger partial charge in [0.2, 0.25) is 12.2 Å². The molecule has 1 aliphatic heterocycles. The van der Waals surface area contributed by atoms with Gasteiger partial charge in [0.25, 0.3) is 0 Å². The van der Waals surface area contributed by atoms with Crippen LogP contribution in [0.15, 0.2) is 6.33 Å². The quantitative estimate of drug-likeness (QED) is 0.545. The number of aliphatic hydroxyl groups excluding tert-OH is 2. The topological polar surface area (TPSA) is 145 Å². The van der Waals surface area contributed by atoms with Gasteiger partial charge in [0, 0.05) is 0 Å². The van der Waals surface area contributed by atoms with Crippen LogP contribution in [0.2, 0.25) is 0 Å². The molecule has 0 aromatic carbocycles. The van der Waals surface area contributed by atoms with Gasteiger partial charge in [0.15, 0.2) is 17.6 Å². The number of fused-ring (bicyclic) bond motifs is 1. The van der Waals surface area contributed by atoms with E-state index in [0.717, 1.165) is 10.9 Å². The second-order valence-electron chi connectivity index (χ2n) is 4.62. The van der Waals surface area contributed by atoms with Crippen molar-refractivity contribution in [2.75, 3.05) is 18.1 Å². The molecule has 9 nitrogen and oxygen atoms in total. The number of hydrogen-bond acceptors (Lipinski definition) is 8. The Morgan fingerprint density at radius 3 is 2.71 bits per heavy atom. The Balaban J connectivity index is 2.13. The lowest BCUT2D eigenvalue weighted by Gasteiger charge is -2.20. The average Bonchev–Trinajstić information content (AvgIpc) is 2.91. The third kappa shape index (κ3) is 1.89. The SMILES string of the molecule is Nc1nc(N)c2ncn(C3O[C@H](CO)[C@@H](O)C3(F)F)c2n1. The monoisotopic (exact) mass is 302 g/mol. The first-order valence-electron chi connectivity index (χ1n) is 5.94. The predicted octanol–water partition coefficient (Wildman–Crippen LogP) is -1.12. The molecule has 0 aliphatic carbocycles. The number of rotatable bonds is 2. The number of alkyl halides is 2. The molecule has 0 bridgehead atoms.